The SMILES string of the molecule is CCCCCCCCCC[N-][Si](OC)(OC)OC.CCCCCCCCCC[N-][Si](OC)(OC)OC.[Cl-].[Cl-].[Zr+4]. The van der Waals surface area contributed by atoms with Gasteiger partial charge in [-0.05, 0) is 0 Å². The smallest absolute Gasteiger partial charge is 1.00 e. The van der Waals surface area contributed by atoms with Crippen LogP contribution in [0, 0.1) is 0 Å². The molecular weight excluding hydrogens is 655 g/mol. The van der Waals surface area contributed by atoms with Crippen molar-refractivity contribution in [1.29, 1.82) is 0 Å². The van der Waals surface area contributed by atoms with Gasteiger partial charge in [0.15, 0.2) is 0 Å². The summed E-state index contributed by atoms with van der Waals surface area (Å²) in [6.45, 7) is 6.05. The average molecular weight is 715 g/mol. The molecule has 0 saturated carbocycles. The van der Waals surface area contributed by atoms with Crippen LogP contribution in [0.2, 0.25) is 0 Å². The van der Waals surface area contributed by atoms with Gasteiger partial charge in [-0.15, -0.1) is 13.1 Å². The van der Waals surface area contributed by atoms with Gasteiger partial charge in [0.05, 0.1) is 0 Å². The van der Waals surface area contributed by atoms with E-state index in [4.69, 9.17) is 26.6 Å². The van der Waals surface area contributed by atoms with Crippen LogP contribution in [-0.2, 0) is 52.8 Å². The zero-order valence-electron chi connectivity index (χ0n) is 26.3. The summed E-state index contributed by atoms with van der Waals surface area (Å²) in [5.74, 6) is 0. The third-order valence-corrected chi connectivity index (χ3v) is 10.5. The van der Waals surface area contributed by atoms with E-state index in [9.17, 15) is 0 Å². The molecule has 236 valence electrons. The maximum atomic E-state index is 5.24. The number of rotatable bonds is 26. The molecule has 0 amide bonds. The first kappa shape index (κ1) is 50.2. The van der Waals surface area contributed by atoms with Crippen molar-refractivity contribution >= 4 is 17.9 Å². The fraction of sp³-hybridized carbons (Fsp3) is 1.00. The minimum Gasteiger partial charge on any atom is -1.00 e. The molecule has 0 aromatic rings. The van der Waals surface area contributed by atoms with E-state index in [-0.39, 0.29) is 51.0 Å². The molecule has 0 aromatic heterocycles. The van der Waals surface area contributed by atoms with Crippen LogP contribution in [0.15, 0.2) is 0 Å². The molecular formula is C26H60Cl2N2O6Si2Zr. The van der Waals surface area contributed by atoms with Crippen molar-refractivity contribution in [2.45, 2.75) is 117 Å². The number of unbranched alkanes of at least 4 members (excludes halogenated alkanes) is 14. The molecule has 0 bridgehead atoms. The number of hydrogen-bond donors (Lipinski definition) is 0. The van der Waals surface area contributed by atoms with Gasteiger partial charge in [-0.1, -0.05) is 117 Å². The summed E-state index contributed by atoms with van der Waals surface area (Å²) >= 11 is 0. The Morgan fingerprint density at radius 3 is 0.795 bits per heavy atom. The largest absolute Gasteiger partial charge is 4.00 e. The monoisotopic (exact) mass is 712 g/mol. The minimum absolute atomic E-state index is 0. The zero-order chi connectivity index (χ0) is 27.4. The van der Waals surface area contributed by atoms with E-state index in [2.05, 4.69) is 23.8 Å². The Morgan fingerprint density at radius 1 is 0.385 bits per heavy atom. The standard InChI is InChI=1S/2C13H30NO3Si.2ClH.Zr/c2*1-5-6-7-8-9-10-11-12-13-14-18(15-2,16-3)17-4;;;/h2*5-13H2,1-4H3;2*1H;/q2*-1;;;+4/p-2. The van der Waals surface area contributed by atoms with Gasteiger partial charge < -0.3 is 61.3 Å². The van der Waals surface area contributed by atoms with Crippen molar-refractivity contribution in [3.63, 3.8) is 0 Å². The van der Waals surface area contributed by atoms with E-state index in [0.717, 1.165) is 25.9 Å². The van der Waals surface area contributed by atoms with Crippen molar-refractivity contribution in [3.05, 3.63) is 9.96 Å². The third-order valence-electron chi connectivity index (χ3n) is 6.18. The molecule has 0 heterocycles. The molecule has 0 saturated heterocycles. The molecule has 0 fully saturated rings. The fourth-order valence-electron chi connectivity index (χ4n) is 3.81. The predicted octanol–water partition coefficient (Wildman–Crippen LogP) is 1.76. The van der Waals surface area contributed by atoms with Gasteiger partial charge in [-0.2, -0.15) is 0 Å². The van der Waals surface area contributed by atoms with E-state index in [1.165, 1.54) is 89.9 Å². The van der Waals surface area contributed by atoms with Crippen LogP contribution in [0.5, 0.6) is 0 Å². The fourth-order valence-corrected chi connectivity index (χ4v) is 6.45. The van der Waals surface area contributed by atoms with Crippen LogP contribution in [0.4, 0.5) is 0 Å². The first-order valence-corrected chi connectivity index (χ1v) is 17.5. The van der Waals surface area contributed by atoms with Gasteiger partial charge in [0.1, 0.15) is 0 Å². The molecule has 0 atom stereocenters. The molecule has 0 spiro atoms. The summed E-state index contributed by atoms with van der Waals surface area (Å²) < 4.78 is 31.4. The van der Waals surface area contributed by atoms with E-state index in [1.807, 2.05) is 0 Å². The van der Waals surface area contributed by atoms with E-state index < -0.39 is 17.9 Å². The van der Waals surface area contributed by atoms with E-state index >= 15 is 0 Å². The molecule has 0 aliphatic carbocycles. The van der Waals surface area contributed by atoms with Crippen LogP contribution in [-0.4, -0.2) is 73.7 Å². The molecule has 0 rings (SSSR count). The molecule has 0 radical (unpaired) electrons. The van der Waals surface area contributed by atoms with Crippen LogP contribution in [0.25, 0.3) is 9.96 Å². The summed E-state index contributed by atoms with van der Waals surface area (Å²) in [6.07, 6.45) is 20.9. The Hall–Kier alpha value is 1.58. The molecule has 0 aliphatic rings. The zero-order valence-corrected chi connectivity index (χ0v) is 32.3. The molecule has 0 N–H and O–H groups in total. The Morgan fingerprint density at radius 2 is 0.590 bits per heavy atom. The quantitative estimate of drug-likeness (QED) is 0.100. The second-order valence-corrected chi connectivity index (χ2v) is 14.2. The first-order chi connectivity index (χ1) is 17.5. The van der Waals surface area contributed by atoms with Crippen molar-refractivity contribution in [2.24, 2.45) is 0 Å². The summed E-state index contributed by atoms with van der Waals surface area (Å²) in [5.41, 5.74) is 0. The Balaban J connectivity index is -0.000000183. The van der Waals surface area contributed by atoms with Crippen LogP contribution < -0.4 is 24.8 Å². The predicted molar refractivity (Wildman–Crippen MR) is 155 cm³/mol. The summed E-state index contributed by atoms with van der Waals surface area (Å²) in [7, 11) is 4.21. The van der Waals surface area contributed by atoms with Crippen LogP contribution >= 0.6 is 0 Å². The van der Waals surface area contributed by atoms with Crippen molar-refractivity contribution in [1.82, 2.24) is 0 Å². The number of nitrogens with zero attached hydrogens (tertiary/aromatic N) is 2. The van der Waals surface area contributed by atoms with Crippen LogP contribution in [0.3, 0.4) is 0 Å². The summed E-state index contributed by atoms with van der Waals surface area (Å²) in [6, 6.07) is 0. The van der Waals surface area contributed by atoms with Crippen molar-refractivity contribution in [2.75, 3.05) is 55.7 Å². The molecule has 8 nitrogen and oxygen atoms in total. The second-order valence-electron chi connectivity index (χ2n) is 8.99. The summed E-state index contributed by atoms with van der Waals surface area (Å²) in [4.78, 5) is 8.86. The van der Waals surface area contributed by atoms with E-state index in [1.54, 1.807) is 42.7 Å². The van der Waals surface area contributed by atoms with Gasteiger partial charge in [0.2, 0.25) is 0 Å². The normalized spacial score (nSPS) is 11.1. The van der Waals surface area contributed by atoms with Gasteiger partial charge in [-0.3, -0.25) is 0 Å². The maximum absolute atomic E-state index is 5.24. The van der Waals surface area contributed by atoms with Crippen LogP contribution in [0.1, 0.15) is 117 Å². The summed E-state index contributed by atoms with van der Waals surface area (Å²) in [5, 5.41) is 0. The molecule has 39 heavy (non-hydrogen) atoms. The minimum atomic E-state index is -2.68. The van der Waals surface area contributed by atoms with Crippen molar-refractivity contribution < 1.29 is 77.6 Å². The molecule has 0 aromatic carbocycles. The Bertz CT molecular complexity index is 395. The first-order valence-electron chi connectivity index (χ1n) is 14.2. The number of hydrogen-bond acceptors (Lipinski definition) is 6. The van der Waals surface area contributed by atoms with Crippen molar-refractivity contribution in [3.8, 4) is 0 Å². The van der Waals surface area contributed by atoms with E-state index in [0.29, 0.717) is 0 Å². The van der Waals surface area contributed by atoms with Gasteiger partial charge in [-0.25, -0.2) is 0 Å². The number of halogens is 2. The molecule has 0 aliphatic heterocycles. The van der Waals surface area contributed by atoms with Gasteiger partial charge in [0.25, 0.3) is 0 Å². The molecule has 13 heteroatoms. The second kappa shape index (κ2) is 37.6. The molecule has 0 unspecified atom stereocenters. The average Bonchev–Trinajstić information content (AvgIpc) is 2.92. The van der Waals surface area contributed by atoms with Gasteiger partial charge >= 0.3 is 44.1 Å². The Labute approximate surface area is 276 Å². The third kappa shape index (κ3) is 29.4. The Kier molecular flexibility index (Phi) is 48.4. The van der Waals surface area contributed by atoms with Gasteiger partial charge in [0, 0.05) is 42.7 Å². The topological polar surface area (TPSA) is 83.6 Å². The maximum Gasteiger partial charge on any atom is 4.00 e.